The highest BCUT2D eigenvalue weighted by molar-refractivity contribution is 5.73. The van der Waals surface area contributed by atoms with Gasteiger partial charge in [0.05, 0.1) is 20.3 Å². The lowest BCUT2D eigenvalue weighted by Crippen LogP contribution is -2.41. The molecule has 0 aliphatic rings. The van der Waals surface area contributed by atoms with Gasteiger partial charge in [0.1, 0.15) is 0 Å². The molecule has 2 N–H and O–H groups in total. The van der Waals surface area contributed by atoms with Crippen molar-refractivity contribution in [3.05, 3.63) is 23.8 Å². The molecule has 2 amide bonds. The number of hydrogen-bond donors (Lipinski definition) is 2. The highest BCUT2D eigenvalue weighted by atomic mass is 16.7. The summed E-state index contributed by atoms with van der Waals surface area (Å²) in [6.07, 6.45) is 0.241. The Bertz CT molecular complexity index is 478. The van der Waals surface area contributed by atoms with Crippen molar-refractivity contribution in [1.82, 2.24) is 10.6 Å². The van der Waals surface area contributed by atoms with Crippen LogP contribution in [-0.4, -0.2) is 53.3 Å². The van der Waals surface area contributed by atoms with Crippen molar-refractivity contribution in [3.8, 4) is 11.5 Å². The maximum atomic E-state index is 11.7. The second-order valence-electron chi connectivity index (χ2n) is 4.71. The summed E-state index contributed by atoms with van der Waals surface area (Å²) >= 11 is 0. The number of nitrogens with one attached hydrogen (secondary N) is 2. The first-order chi connectivity index (χ1) is 11.1. The summed E-state index contributed by atoms with van der Waals surface area (Å²) in [5, 5.41) is 5.45. The van der Waals surface area contributed by atoms with E-state index in [0.717, 1.165) is 11.3 Å². The zero-order valence-electron chi connectivity index (χ0n) is 14.2. The molecule has 23 heavy (non-hydrogen) atoms. The van der Waals surface area contributed by atoms with E-state index in [4.69, 9.17) is 18.9 Å². The van der Waals surface area contributed by atoms with Crippen molar-refractivity contribution in [1.29, 1.82) is 0 Å². The van der Waals surface area contributed by atoms with Crippen LogP contribution in [0.5, 0.6) is 11.5 Å². The molecular formula is C16H26N2O5. The Morgan fingerprint density at radius 3 is 2.48 bits per heavy atom. The van der Waals surface area contributed by atoms with Crippen LogP contribution in [0.1, 0.15) is 12.5 Å². The van der Waals surface area contributed by atoms with Crippen molar-refractivity contribution in [3.63, 3.8) is 0 Å². The maximum absolute atomic E-state index is 11.7. The van der Waals surface area contributed by atoms with Crippen LogP contribution >= 0.6 is 0 Å². The first-order valence-corrected chi connectivity index (χ1v) is 7.51. The second-order valence-corrected chi connectivity index (χ2v) is 4.71. The van der Waals surface area contributed by atoms with E-state index in [1.807, 2.05) is 25.1 Å². The van der Waals surface area contributed by atoms with Gasteiger partial charge in [-0.25, -0.2) is 4.79 Å². The summed E-state index contributed by atoms with van der Waals surface area (Å²) in [5.41, 5.74) is 1.05. The van der Waals surface area contributed by atoms with Gasteiger partial charge in [-0.15, -0.1) is 0 Å². The van der Waals surface area contributed by atoms with Gasteiger partial charge in [-0.3, -0.25) is 0 Å². The quantitative estimate of drug-likeness (QED) is 0.638. The van der Waals surface area contributed by atoms with Gasteiger partial charge in [-0.05, 0) is 31.0 Å². The maximum Gasteiger partial charge on any atom is 0.314 e. The third-order valence-electron chi connectivity index (χ3n) is 3.18. The molecule has 0 spiro atoms. The molecule has 0 saturated heterocycles. The average Bonchev–Trinajstić information content (AvgIpc) is 2.57. The molecule has 130 valence electrons. The van der Waals surface area contributed by atoms with Crippen molar-refractivity contribution in [2.45, 2.75) is 19.6 Å². The fourth-order valence-corrected chi connectivity index (χ4v) is 1.96. The summed E-state index contributed by atoms with van der Waals surface area (Å²) in [6, 6.07) is 5.48. The summed E-state index contributed by atoms with van der Waals surface area (Å²) in [4.78, 5) is 11.7. The lowest BCUT2D eigenvalue weighted by molar-refractivity contribution is -0.0971. The molecule has 7 nitrogen and oxygen atoms in total. The summed E-state index contributed by atoms with van der Waals surface area (Å²) in [5.74, 6) is 1.41. The van der Waals surface area contributed by atoms with Crippen LogP contribution in [0.25, 0.3) is 0 Å². The third-order valence-corrected chi connectivity index (χ3v) is 3.18. The van der Waals surface area contributed by atoms with Crippen molar-refractivity contribution in [2.75, 3.05) is 41.0 Å². The number of rotatable bonds is 10. The van der Waals surface area contributed by atoms with E-state index in [-0.39, 0.29) is 12.6 Å². The minimum Gasteiger partial charge on any atom is -0.493 e. The summed E-state index contributed by atoms with van der Waals surface area (Å²) in [6.45, 7) is 3.30. The molecule has 0 unspecified atom stereocenters. The van der Waals surface area contributed by atoms with Crippen molar-refractivity contribution in [2.24, 2.45) is 0 Å². The predicted octanol–water partition coefficient (Wildman–Crippen LogP) is 1.55. The van der Waals surface area contributed by atoms with E-state index in [1.165, 1.54) is 14.2 Å². The van der Waals surface area contributed by atoms with E-state index < -0.39 is 6.29 Å². The molecule has 0 aromatic heterocycles. The molecule has 0 aliphatic heterocycles. The zero-order valence-corrected chi connectivity index (χ0v) is 14.2. The van der Waals surface area contributed by atoms with Crippen LogP contribution in [-0.2, 0) is 15.9 Å². The minimum absolute atomic E-state index is 0.262. The van der Waals surface area contributed by atoms with Gasteiger partial charge in [0, 0.05) is 20.8 Å². The molecule has 0 aliphatic carbocycles. The Hall–Kier alpha value is -1.99. The Balaban J connectivity index is 2.39. The largest absolute Gasteiger partial charge is 0.493 e. The third kappa shape index (κ3) is 6.75. The Morgan fingerprint density at radius 2 is 1.87 bits per heavy atom. The first-order valence-electron chi connectivity index (χ1n) is 7.51. The van der Waals surface area contributed by atoms with Gasteiger partial charge in [0.25, 0.3) is 0 Å². The monoisotopic (exact) mass is 326 g/mol. The smallest absolute Gasteiger partial charge is 0.314 e. The molecule has 0 bridgehead atoms. The Morgan fingerprint density at radius 1 is 1.13 bits per heavy atom. The molecule has 0 atom stereocenters. The van der Waals surface area contributed by atoms with Crippen LogP contribution in [0.15, 0.2) is 18.2 Å². The van der Waals surface area contributed by atoms with E-state index in [9.17, 15) is 4.79 Å². The molecule has 0 radical (unpaired) electrons. The fraction of sp³-hybridized carbons (Fsp3) is 0.562. The molecule has 1 aromatic rings. The highest BCUT2D eigenvalue weighted by Gasteiger charge is 2.08. The Labute approximate surface area is 137 Å². The Kier molecular flexibility index (Phi) is 8.86. The lowest BCUT2D eigenvalue weighted by Gasteiger charge is -2.14. The van der Waals surface area contributed by atoms with Crippen molar-refractivity contribution >= 4 is 6.03 Å². The van der Waals surface area contributed by atoms with Crippen LogP contribution in [0, 0.1) is 0 Å². The standard InChI is InChI=1S/C16H26N2O5/c1-5-23-13-7-6-12(10-14(13)20-2)8-9-17-16(19)18-11-15(21-3)22-4/h6-7,10,15H,5,8-9,11H2,1-4H3,(H2,17,18,19). The van der Waals surface area contributed by atoms with Crippen LogP contribution in [0.4, 0.5) is 4.79 Å². The minimum atomic E-state index is -0.448. The summed E-state index contributed by atoms with van der Waals surface area (Å²) in [7, 11) is 4.65. The van der Waals surface area contributed by atoms with Crippen LogP contribution in [0.2, 0.25) is 0 Å². The molecule has 1 aromatic carbocycles. The molecule has 7 heteroatoms. The van der Waals surface area contributed by atoms with E-state index in [1.54, 1.807) is 7.11 Å². The van der Waals surface area contributed by atoms with Crippen LogP contribution < -0.4 is 20.1 Å². The van der Waals surface area contributed by atoms with E-state index in [2.05, 4.69) is 10.6 Å². The van der Waals surface area contributed by atoms with Gasteiger partial charge >= 0.3 is 6.03 Å². The molecular weight excluding hydrogens is 300 g/mol. The van der Waals surface area contributed by atoms with Gasteiger partial charge in [0.15, 0.2) is 17.8 Å². The summed E-state index contributed by atoms with van der Waals surface area (Å²) < 4.78 is 20.8. The van der Waals surface area contributed by atoms with E-state index in [0.29, 0.717) is 25.3 Å². The molecule has 0 saturated carbocycles. The number of hydrogen-bond acceptors (Lipinski definition) is 5. The lowest BCUT2D eigenvalue weighted by atomic mass is 10.1. The van der Waals surface area contributed by atoms with Crippen molar-refractivity contribution < 1.29 is 23.7 Å². The second kappa shape index (κ2) is 10.7. The van der Waals surface area contributed by atoms with E-state index >= 15 is 0 Å². The molecule has 0 heterocycles. The van der Waals surface area contributed by atoms with Gasteiger partial charge in [-0.1, -0.05) is 6.07 Å². The number of ether oxygens (including phenoxy) is 4. The number of carbonyl (C=O) groups excluding carboxylic acids is 1. The number of carbonyl (C=O) groups is 1. The first kappa shape index (κ1) is 19.1. The molecule has 0 fully saturated rings. The number of amides is 2. The SMILES string of the molecule is CCOc1ccc(CCNC(=O)NCC(OC)OC)cc1OC. The average molecular weight is 326 g/mol. The fourth-order valence-electron chi connectivity index (χ4n) is 1.96. The van der Waals surface area contributed by atoms with Gasteiger partial charge in [-0.2, -0.15) is 0 Å². The number of methoxy groups -OCH3 is 3. The highest BCUT2D eigenvalue weighted by Crippen LogP contribution is 2.28. The topological polar surface area (TPSA) is 78.1 Å². The normalized spacial score (nSPS) is 10.5. The molecule has 1 rings (SSSR count). The number of urea groups is 1. The zero-order chi connectivity index (χ0) is 17.1. The predicted molar refractivity (Wildman–Crippen MR) is 87.1 cm³/mol. The number of benzene rings is 1. The van der Waals surface area contributed by atoms with Gasteiger partial charge < -0.3 is 29.6 Å². The van der Waals surface area contributed by atoms with Gasteiger partial charge in [0.2, 0.25) is 0 Å². The van der Waals surface area contributed by atoms with Crippen LogP contribution in [0.3, 0.4) is 0 Å².